The molecule has 0 aliphatic carbocycles. The van der Waals surface area contributed by atoms with E-state index in [1.807, 2.05) is 6.92 Å². The van der Waals surface area contributed by atoms with Gasteiger partial charge in [0.25, 0.3) is 11.1 Å². The molecule has 1 fully saturated rings. The third-order valence-corrected chi connectivity index (χ3v) is 4.58. The van der Waals surface area contributed by atoms with E-state index >= 15 is 0 Å². The Kier molecular flexibility index (Phi) is 5.01. The zero-order valence-electron chi connectivity index (χ0n) is 13.2. The number of phenols is 1. The Hall–Kier alpha value is -2.44. The Balaban J connectivity index is 1.87. The number of halogens is 1. The van der Waals surface area contributed by atoms with Gasteiger partial charge in [0.1, 0.15) is 0 Å². The monoisotopic (exact) mass is 375 g/mol. The second-order valence-electron chi connectivity index (χ2n) is 5.15. The van der Waals surface area contributed by atoms with Crippen molar-refractivity contribution >= 4 is 46.3 Å². The van der Waals surface area contributed by atoms with Crippen molar-refractivity contribution in [1.29, 1.82) is 0 Å². The van der Waals surface area contributed by atoms with E-state index in [0.717, 1.165) is 16.7 Å². The lowest BCUT2D eigenvalue weighted by Crippen LogP contribution is -2.27. The molecule has 1 saturated heterocycles. The van der Waals surface area contributed by atoms with E-state index < -0.39 is 5.91 Å². The molecule has 2 amide bonds. The minimum Gasteiger partial charge on any atom is -0.504 e. The van der Waals surface area contributed by atoms with Crippen LogP contribution < -0.4 is 9.64 Å². The number of nitrogens with zero attached hydrogens (tertiary/aromatic N) is 1. The van der Waals surface area contributed by atoms with Crippen molar-refractivity contribution in [3.63, 3.8) is 0 Å². The van der Waals surface area contributed by atoms with Crippen LogP contribution in [0.2, 0.25) is 5.02 Å². The van der Waals surface area contributed by atoms with E-state index in [0.29, 0.717) is 28.6 Å². The minimum absolute atomic E-state index is 0.0208. The van der Waals surface area contributed by atoms with Crippen LogP contribution in [0, 0.1) is 0 Å². The average Bonchev–Trinajstić information content (AvgIpc) is 2.85. The number of thioether (sulfide) groups is 1. The number of carbonyl (C=O) groups excluding carboxylic acids is 2. The van der Waals surface area contributed by atoms with Crippen molar-refractivity contribution < 1.29 is 19.4 Å². The predicted octanol–water partition coefficient (Wildman–Crippen LogP) is 4.69. The number of amides is 2. The van der Waals surface area contributed by atoms with Gasteiger partial charge in [0, 0.05) is 5.02 Å². The van der Waals surface area contributed by atoms with Gasteiger partial charge in [-0.3, -0.25) is 9.59 Å². The van der Waals surface area contributed by atoms with Crippen molar-refractivity contribution in [3.05, 3.63) is 58.0 Å². The molecule has 7 heteroatoms. The van der Waals surface area contributed by atoms with Gasteiger partial charge in [-0.05, 0) is 66.7 Å². The SMILES string of the molecule is CCOc1ccc(/C=C2/SC(=O)N(c3ccc(Cl)cc3)C2=O)cc1O. The molecule has 5 nitrogen and oxygen atoms in total. The number of hydrogen-bond donors (Lipinski definition) is 1. The van der Waals surface area contributed by atoms with Crippen LogP contribution in [-0.2, 0) is 4.79 Å². The number of benzene rings is 2. The van der Waals surface area contributed by atoms with Gasteiger partial charge in [0.15, 0.2) is 11.5 Å². The van der Waals surface area contributed by atoms with Crippen molar-refractivity contribution in [2.24, 2.45) is 0 Å². The normalized spacial score (nSPS) is 15.9. The van der Waals surface area contributed by atoms with Crippen molar-refractivity contribution in [2.45, 2.75) is 6.92 Å². The van der Waals surface area contributed by atoms with E-state index in [9.17, 15) is 14.7 Å². The molecule has 1 aliphatic heterocycles. The lowest BCUT2D eigenvalue weighted by Gasteiger charge is -2.12. The molecule has 0 bridgehead atoms. The first-order valence-corrected chi connectivity index (χ1v) is 8.68. The Morgan fingerprint density at radius 1 is 1.20 bits per heavy atom. The van der Waals surface area contributed by atoms with E-state index in [1.165, 1.54) is 6.07 Å². The van der Waals surface area contributed by atoms with E-state index in [1.54, 1.807) is 42.5 Å². The summed E-state index contributed by atoms with van der Waals surface area (Å²) in [6, 6.07) is 11.3. The zero-order chi connectivity index (χ0) is 18.0. The third kappa shape index (κ3) is 3.65. The molecule has 0 atom stereocenters. The number of carbonyl (C=O) groups is 2. The summed E-state index contributed by atoms with van der Waals surface area (Å²) in [6.45, 7) is 2.26. The van der Waals surface area contributed by atoms with Crippen LogP contribution in [0.15, 0.2) is 47.4 Å². The molecule has 0 saturated carbocycles. The van der Waals surface area contributed by atoms with Crippen LogP contribution in [0.4, 0.5) is 10.5 Å². The molecule has 1 aliphatic rings. The molecule has 0 spiro atoms. The minimum atomic E-state index is -0.411. The Morgan fingerprint density at radius 2 is 1.92 bits per heavy atom. The zero-order valence-corrected chi connectivity index (χ0v) is 14.8. The van der Waals surface area contributed by atoms with Gasteiger partial charge < -0.3 is 9.84 Å². The fourth-order valence-electron chi connectivity index (χ4n) is 2.33. The van der Waals surface area contributed by atoms with Crippen LogP contribution in [0.1, 0.15) is 12.5 Å². The average molecular weight is 376 g/mol. The smallest absolute Gasteiger partial charge is 0.298 e. The molecular weight excluding hydrogens is 362 g/mol. The van der Waals surface area contributed by atoms with Crippen LogP contribution >= 0.6 is 23.4 Å². The highest BCUT2D eigenvalue weighted by Crippen LogP contribution is 2.37. The number of aromatic hydroxyl groups is 1. The van der Waals surface area contributed by atoms with Crippen LogP contribution in [0.25, 0.3) is 6.08 Å². The molecule has 1 heterocycles. The highest BCUT2D eigenvalue weighted by molar-refractivity contribution is 8.19. The molecule has 0 aromatic heterocycles. The first kappa shape index (κ1) is 17.4. The van der Waals surface area contributed by atoms with Gasteiger partial charge in [-0.1, -0.05) is 17.7 Å². The van der Waals surface area contributed by atoms with Crippen LogP contribution in [0.3, 0.4) is 0 Å². The number of imide groups is 1. The first-order chi connectivity index (χ1) is 12.0. The summed E-state index contributed by atoms with van der Waals surface area (Å²) in [4.78, 5) is 26.1. The molecule has 2 aromatic rings. The molecule has 128 valence electrons. The van der Waals surface area contributed by atoms with Gasteiger partial charge in [0.2, 0.25) is 0 Å². The van der Waals surface area contributed by atoms with Gasteiger partial charge in [-0.15, -0.1) is 0 Å². The van der Waals surface area contributed by atoms with Crippen molar-refractivity contribution in [2.75, 3.05) is 11.5 Å². The van der Waals surface area contributed by atoms with E-state index in [4.69, 9.17) is 16.3 Å². The predicted molar refractivity (Wildman–Crippen MR) is 99.2 cm³/mol. The van der Waals surface area contributed by atoms with Gasteiger partial charge in [-0.2, -0.15) is 0 Å². The van der Waals surface area contributed by atoms with Crippen LogP contribution in [-0.4, -0.2) is 22.9 Å². The second kappa shape index (κ2) is 7.21. The van der Waals surface area contributed by atoms with E-state index in [2.05, 4.69) is 0 Å². The molecule has 0 radical (unpaired) electrons. The first-order valence-electron chi connectivity index (χ1n) is 7.49. The van der Waals surface area contributed by atoms with Crippen molar-refractivity contribution in [1.82, 2.24) is 0 Å². The maximum absolute atomic E-state index is 12.6. The fourth-order valence-corrected chi connectivity index (χ4v) is 3.30. The fraction of sp³-hybridized carbons (Fsp3) is 0.111. The summed E-state index contributed by atoms with van der Waals surface area (Å²) in [5, 5.41) is 10.1. The number of anilines is 1. The quantitative estimate of drug-likeness (QED) is 0.785. The third-order valence-electron chi connectivity index (χ3n) is 3.46. The van der Waals surface area contributed by atoms with Crippen LogP contribution in [0.5, 0.6) is 11.5 Å². The van der Waals surface area contributed by atoms with E-state index in [-0.39, 0.29) is 15.9 Å². The van der Waals surface area contributed by atoms with Crippen molar-refractivity contribution in [3.8, 4) is 11.5 Å². The summed E-state index contributed by atoms with van der Waals surface area (Å²) in [5.74, 6) is -0.0628. The summed E-state index contributed by atoms with van der Waals surface area (Å²) in [5.41, 5.74) is 1.06. The molecule has 2 aromatic carbocycles. The Morgan fingerprint density at radius 3 is 2.56 bits per heavy atom. The topological polar surface area (TPSA) is 66.8 Å². The number of ether oxygens (including phenoxy) is 1. The summed E-state index contributed by atoms with van der Waals surface area (Å²) in [6.07, 6.45) is 1.57. The largest absolute Gasteiger partial charge is 0.504 e. The maximum Gasteiger partial charge on any atom is 0.298 e. The lowest BCUT2D eigenvalue weighted by atomic mass is 10.2. The second-order valence-corrected chi connectivity index (χ2v) is 6.58. The highest BCUT2D eigenvalue weighted by Gasteiger charge is 2.36. The standard InChI is InChI=1S/C18H14ClNO4S/c1-2-24-15-8-3-11(9-14(15)21)10-16-17(22)20(18(23)25-16)13-6-4-12(19)5-7-13/h3-10,21H,2H2,1H3/b16-10+. The number of hydrogen-bond acceptors (Lipinski definition) is 5. The molecule has 1 N–H and O–H groups in total. The maximum atomic E-state index is 12.6. The number of phenolic OH excluding ortho intramolecular Hbond substituents is 1. The number of rotatable bonds is 4. The Labute approximate surface area is 153 Å². The molecular formula is C18H14ClNO4S. The van der Waals surface area contributed by atoms with Gasteiger partial charge in [-0.25, -0.2) is 4.90 Å². The summed E-state index contributed by atoms with van der Waals surface area (Å²) in [7, 11) is 0. The van der Waals surface area contributed by atoms with Gasteiger partial charge in [0.05, 0.1) is 17.2 Å². The molecule has 0 unspecified atom stereocenters. The molecule has 3 rings (SSSR count). The lowest BCUT2D eigenvalue weighted by molar-refractivity contribution is -0.113. The Bertz CT molecular complexity index is 864. The van der Waals surface area contributed by atoms with Gasteiger partial charge >= 0.3 is 0 Å². The summed E-state index contributed by atoms with van der Waals surface area (Å²) < 4.78 is 5.27. The highest BCUT2D eigenvalue weighted by atomic mass is 35.5. The summed E-state index contributed by atoms with van der Waals surface area (Å²) >= 11 is 6.69. The molecule has 25 heavy (non-hydrogen) atoms.